The highest BCUT2D eigenvalue weighted by atomic mass is 15.3. The van der Waals surface area contributed by atoms with Crippen LogP contribution < -0.4 is 4.90 Å². The van der Waals surface area contributed by atoms with Crippen LogP contribution in [0, 0.1) is 0 Å². The standard InChI is InChI=1S/C16H23N5/c1-20(12-4-2-3-5-12)13-7-9-21(10-13)16-14-6-8-17-15(14)18-11-19-16/h6,8,11-13H,2-5,7,9-10H2,1H3,(H,17,18,19). The summed E-state index contributed by atoms with van der Waals surface area (Å²) in [6.45, 7) is 2.18. The normalized spacial score (nSPS) is 23.7. The van der Waals surface area contributed by atoms with Crippen molar-refractivity contribution in [3.63, 3.8) is 0 Å². The quantitative estimate of drug-likeness (QED) is 0.941. The molecule has 1 atom stereocenters. The van der Waals surface area contributed by atoms with Gasteiger partial charge in [-0.3, -0.25) is 4.90 Å². The fourth-order valence-electron chi connectivity index (χ4n) is 3.99. The van der Waals surface area contributed by atoms with Crippen molar-refractivity contribution in [3.8, 4) is 0 Å². The maximum atomic E-state index is 4.53. The fourth-order valence-corrected chi connectivity index (χ4v) is 3.99. The lowest BCUT2D eigenvalue weighted by Crippen LogP contribution is -2.40. The van der Waals surface area contributed by atoms with Crippen molar-refractivity contribution in [3.05, 3.63) is 18.6 Å². The number of aromatic amines is 1. The number of hydrogen-bond donors (Lipinski definition) is 1. The van der Waals surface area contributed by atoms with Crippen molar-refractivity contribution < 1.29 is 0 Å². The highest BCUT2D eigenvalue weighted by Crippen LogP contribution is 2.30. The second kappa shape index (κ2) is 5.30. The van der Waals surface area contributed by atoms with Gasteiger partial charge in [0.2, 0.25) is 0 Å². The topological polar surface area (TPSA) is 48.1 Å². The van der Waals surface area contributed by atoms with Crippen molar-refractivity contribution in [2.75, 3.05) is 25.0 Å². The molecule has 0 radical (unpaired) electrons. The van der Waals surface area contributed by atoms with Crippen LogP contribution in [0.4, 0.5) is 5.82 Å². The SMILES string of the molecule is CN(C1CCCC1)C1CCN(c2ncnc3[nH]ccc23)C1. The molecule has 2 aromatic rings. The number of H-pyrrole nitrogens is 1. The van der Waals surface area contributed by atoms with Gasteiger partial charge in [-0.05, 0) is 32.4 Å². The summed E-state index contributed by atoms with van der Waals surface area (Å²) in [7, 11) is 2.32. The Morgan fingerprint density at radius 2 is 2.05 bits per heavy atom. The molecule has 3 heterocycles. The number of rotatable bonds is 3. The van der Waals surface area contributed by atoms with Gasteiger partial charge < -0.3 is 9.88 Å². The Morgan fingerprint density at radius 3 is 2.90 bits per heavy atom. The Kier molecular flexibility index (Phi) is 3.30. The number of nitrogens with one attached hydrogen (secondary N) is 1. The molecule has 2 fully saturated rings. The first-order valence-corrected chi connectivity index (χ1v) is 8.08. The summed E-state index contributed by atoms with van der Waals surface area (Å²) in [5.41, 5.74) is 0.938. The lowest BCUT2D eigenvalue weighted by Gasteiger charge is -2.30. The van der Waals surface area contributed by atoms with E-state index in [4.69, 9.17) is 0 Å². The molecule has 1 aliphatic heterocycles. The fraction of sp³-hybridized carbons (Fsp3) is 0.625. The van der Waals surface area contributed by atoms with Crippen LogP contribution in [0.1, 0.15) is 32.1 Å². The third-order valence-corrected chi connectivity index (χ3v) is 5.27. The third kappa shape index (κ3) is 2.29. The number of likely N-dealkylation sites (N-methyl/N-ethyl adjacent to an activating group) is 1. The first kappa shape index (κ1) is 13.1. The summed E-state index contributed by atoms with van der Waals surface area (Å²) in [4.78, 5) is 17.0. The van der Waals surface area contributed by atoms with Crippen LogP contribution in [0.2, 0.25) is 0 Å². The predicted octanol–water partition coefficient (Wildman–Crippen LogP) is 2.41. The van der Waals surface area contributed by atoms with Crippen LogP contribution in [-0.4, -0.2) is 52.1 Å². The number of anilines is 1. The van der Waals surface area contributed by atoms with Crippen molar-refractivity contribution >= 4 is 16.9 Å². The molecule has 1 aliphatic carbocycles. The van der Waals surface area contributed by atoms with Crippen molar-refractivity contribution in [1.29, 1.82) is 0 Å². The minimum Gasteiger partial charge on any atom is -0.354 e. The largest absolute Gasteiger partial charge is 0.354 e. The van der Waals surface area contributed by atoms with Crippen LogP contribution in [0.25, 0.3) is 11.0 Å². The Hall–Kier alpha value is -1.62. The summed E-state index contributed by atoms with van der Waals surface area (Å²) < 4.78 is 0. The molecule has 5 nitrogen and oxygen atoms in total. The van der Waals surface area contributed by atoms with E-state index in [0.717, 1.165) is 36.0 Å². The maximum Gasteiger partial charge on any atom is 0.142 e. The Balaban J connectivity index is 1.52. The Labute approximate surface area is 125 Å². The van der Waals surface area contributed by atoms with E-state index in [2.05, 4.69) is 37.9 Å². The van der Waals surface area contributed by atoms with Crippen LogP contribution in [0.3, 0.4) is 0 Å². The van der Waals surface area contributed by atoms with E-state index in [1.165, 1.54) is 32.1 Å². The van der Waals surface area contributed by atoms with E-state index < -0.39 is 0 Å². The van der Waals surface area contributed by atoms with Gasteiger partial charge in [0.05, 0.1) is 5.39 Å². The molecule has 5 heteroatoms. The number of fused-ring (bicyclic) bond motifs is 1. The zero-order valence-corrected chi connectivity index (χ0v) is 12.6. The van der Waals surface area contributed by atoms with Gasteiger partial charge in [-0.25, -0.2) is 9.97 Å². The average molecular weight is 285 g/mol. The third-order valence-electron chi connectivity index (χ3n) is 5.27. The first-order chi connectivity index (χ1) is 10.3. The zero-order chi connectivity index (χ0) is 14.2. The van der Waals surface area contributed by atoms with Gasteiger partial charge in [0, 0.05) is 31.4 Å². The van der Waals surface area contributed by atoms with E-state index in [1.54, 1.807) is 6.33 Å². The second-order valence-corrected chi connectivity index (χ2v) is 6.43. The summed E-state index contributed by atoms with van der Waals surface area (Å²) in [5, 5.41) is 1.14. The van der Waals surface area contributed by atoms with Gasteiger partial charge in [0.15, 0.2) is 0 Å². The molecule has 2 aliphatic rings. The van der Waals surface area contributed by atoms with Crippen molar-refractivity contribution in [2.24, 2.45) is 0 Å². The lowest BCUT2D eigenvalue weighted by atomic mass is 10.1. The molecule has 0 bridgehead atoms. The molecular formula is C16H23N5. The highest BCUT2D eigenvalue weighted by molar-refractivity contribution is 5.87. The van der Waals surface area contributed by atoms with E-state index in [9.17, 15) is 0 Å². The molecule has 21 heavy (non-hydrogen) atoms. The second-order valence-electron chi connectivity index (χ2n) is 6.43. The highest BCUT2D eigenvalue weighted by Gasteiger charge is 2.32. The molecule has 0 spiro atoms. The first-order valence-electron chi connectivity index (χ1n) is 8.08. The molecule has 1 N–H and O–H groups in total. The molecule has 2 aromatic heterocycles. The zero-order valence-electron chi connectivity index (χ0n) is 12.6. The monoisotopic (exact) mass is 285 g/mol. The summed E-state index contributed by atoms with van der Waals surface area (Å²) in [6.07, 6.45) is 10.4. The number of aromatic nitrogens is 3. The predicted molar refractivity (Wildman–Crippen MR) is 84.5 cm³/mol. The van der Waals surface area contributed by atoms with Gasteiger partial charge in [-0.2, -0.15) is 0 Å². The minimum atomic E-state index is 0.664. The van der Waals surface area contributed by atoms with Crippen molar-refractivity contribution in [2.45, 2.75) is 44.2 Å². The van der Waals surface area contributed by atoms with E-state index in [-0.39, 0.29) is 0 Å². The van der Waals surface area contributed by atoms with E-state index >= 15 is 0 Å². The van der Waals surface area contributed by atoms with Gasteiger partial charge in [-0.1, -0.05) is 12.8 Å². The Bertz CT molecular complexity index is 616. The summed E-state index contributed by atoms with van der Waals surface area (Å²) in [6, 6.07) is 3.54. The van der Waals surface area contributed by atoms with Crippen LogP contribution in [-0.2, 0) is 0 Å². The van der Waals surface area contributed by atoms with Crippen LogP contribution >= 0.6 is 0 Å². The molecule has 0 aromatic carbocycles. The molecule has 112 valence electrons. The number of hydrogen-bond acceptors (Lipinski definition) is 4. The number of nitrogens with zero attached hydrogens (tertiary/aromatic N) is 4. The van der Waals surface area contributed by atoms with Crippen molar-refractivity contribution in [1.82, 2.24) is 19.9 Å². The summed E-state index contributed by atoms with van der Waals surface area (Å²) >= 11 is 0. The van der Waals surface area contributed by atoms with Gasteiger partial charge in [0.1, 0.15) is 17.8 Å². The molecule has 4 rings (SSSR count). The smallest absolute Gasteiger partial charge is 0.142 e. The van der Waals surface area contributed by atoms with Crippen LogP contribution in [0.5, 0.6) is 0 Å². The Morgan fingerprint density at radius 1 is 1.19 bits per heavy atom. The molecule has 1 saturated carbocycles. The minimum absolute atomic E-state index is 0.664. The average Bonchev–Trinajstić information content (AvgIpc) is 3.25. The maximum absolute atomic E-state index is 4.53. The molecular weight excluding hydrogens is 262 g/mol. The van der Waals surface area contributed by atoms with Gasteiger partial charge in [0.25, 0.3) is 0 Å². The van der Waals surface area contributed by atoms with E-state index in [0.29, 0.717) is 6.04 Å². The van der Waals surface area contributed by atoms with Gasteiger partial charge in [-0.15, -0.1) is 0 Å². The lowest BCUT2D eigenvalue weighted by molar-refractivity contribution is 0.187. The molecule has 0 amide bonds. The summed E-state index contributed by atoms with van der Waals surface area (Å²) in [5.74, 6) is 1.09. The van der Waals surface area contributed by atoms with Crippen LogP contribution in [0.15, 0.2) is 18.6 Å². The van der Waals surface area contributed by atoms with E-state index in [1.807, 2.05) is 6.20 Å². The molecule has 1 unspecified atom stereocenters. The molecule has 1 saturated heterocycles. The van der Waals surface area contributed by atoms with Gasteiger partial charge >= 0.3 is 0 Å².